The van der Waals surface area contributed by atoms with Crippen LogP contribution < -0.4 is 11.1 Å². The smallest absolute Gasteiger partial charge is 0.229 e. The van der Waals surface area contributed by atoms with Crippen molar-refractivity contribution in [3.05, 3.63) is 0 Å². The first kappa shape index (κ1) is 10.3. The summed E-state index contributed by atoms with van der Waals surface area (Å²) in [6.45, 7) is 1.30. The van der Waals surface area contributed by atoms with E-state index in [4.69, 9.17) is 10.5 Å². The lowest BCUT2D eigenvalue weighted by Crippen LogP contribution is -2.28. The molecule has 1 aliphatic heterocycles. The molecule has 0 aromatic carbocycles. The monoisotopic (exact) mass is 228 g/mol. The third-order valence-electron chi connectivity index (χ3n) is 2.26. The number of rotatable bonds is 2. The van der Waals surface area contributed by atoms with Crippen LogP contribution in [0, 0.1) is 5.92 Å². The first-order valence-electron chi connectivity index (χ1n) is 4.73. The van der Waals surface area contributed by atoms with Crippen LogP contribution in [-0.4, -0.2) is 29.3 Å². The van der Waals surface area contributed by atoms with Crippen molar-refractivity contribution in [2.75, 3.05) is 24.3 Å². The Morgan fingerprint density at radius 2 is 2.20 bits per heavy atom. The number of amides is 1. The molecule has 2 heterocycles. The summed E-state index contributed by atoms with van der Waals surface area (Å²) in [6, 6.07) is 0. The maximum atomic E-state index is 11.7. The molecule has 7 heteroatoms. The number of hydrogen-bond donors (Lipinski definition) is 2. The Kier molecular flexibility index (Phi) is 3.12. The average Bonchev–Trinajstić information content (AvgIpc) is 2.65. The van der Waals surface area contributed by atoms with Crippen LogP contribution in [0.25, 0.3) is 0 Å². The second-order valence-corrected chi connectivity index (χ2v) is 4.33. The van der Waals surface area contributed by atoms with E-state index in [1.54, 1.807) is 0 Å². The van der Waals surface area contributed by atoms with E-state index in [9.17, 15) is 4.79 Å². The molecule has 15 heavy (non-hydrogen) atoms. The Morgan fingerprint density at radius 1 is 1.47 bits per heavy atom. The van der Waals surface area contributed by atoms with Crippen LogP contribution >= 0.6 is 11.3 Å². The molecule has 0 saturated carbocycles. The van der Waals surface area contributed by atoms with E-state index in [0.717, 1.165) is 12.8 Å². The number of aromatic nitrogens is 2. The lowest BCUT2D eigenvalue weighted by atomic mass is 10.00. The maximum Gasteiger partial charge on any atom is 0.229 e. The normalized spacial score (nSPS) is 17.6. The van der Waals surface area contributed by atoms with Gasteiger partial charge in [0.25, 0.3) is 0 Å². The summed E-state index contributed by atoms with van der Waals surface area (Å²) in [7, 11) is 0. The third-order valence-corrected chi connectivity index (χ3v) is 2.93. The quantitative estimate of drug-likeness (QED) is 0.768. The zero-order valence-corrected chi connectivity index (χ0v) is 8.92. The molecule has 0 radical (unpaired) electrons. The van der Waals surface area contributed by atoms with Gasteiger partial charge in [0.1, 0.15) is 0 Å². The average molecular weight is 228 g/mol. The van der Waals surface area contributed by atoms with Crippen LogP contribution in [0.4, 0.5) is 10.3 Å². The minimum Gasteiger partial charge on any atom is -0.381 e. The molecule has 1 aromatic heterocycles. The van der Waals surface area contributed by atoms with Crippen molar-refractivity contribution in [2.45, 2.75) is 12.8 Å². The summed E-state index contributed by atoms with van der Waals surface area (Å²) >= 11 is 1.17. The predicted molar refractivity (Wildman–Crippen MR) is 56.5 cm³/mol. The number of anilines is 2. The van der Waals surface area contributed by atoms with E-state index in [0.29, 0.717) is 23.5 Å². The number of nitrogens with one attached hydrogen (secondary N) is 1. The van der Waals surface area contributed by atoms with E-state index >= 15 is 0 Å². The highest BCUT2D eigenvalue weighted by Crippen LogP contribution is 2.20. The molecular weight excluding hydrogens is 216 g/mol. The van der Waals surface area contributed by atoms with Crippen molar-refractivity contribution in [3.63, 3.8) is 0 Å². The van der Waals surface area contributed by atoms with Gasteiger partial charge in [0, 0.05) is 19.1 Å². The van der Waals surface area contributed by atoms with Crippen LogP contribution in [0.3, 0.4) is 0 Å². The van der Waals surface area contributed by atoms with Crippen molar-refractivity contribution in [2.24, 2.45) is 5.92 Å². The van der Waals surface area contributed by atoms with Crippen LogP contribution in [0.15, 0.2) is 0 Å². The van der Waals surface area contributed by atoms with Gasteiger partial charge in [-0.05, 0) is 12.8 Å². The van der Waals surface area contributed by atoms with Crippen molar-refractivity contribution in [3.8, 4) is 0 Å². The third kappa shape index (κ3) is 2.63. The highest BCUT2D eigenvalue weighted by molar-refractivity contribution is 7.18. The Labute approximate surface area is 90.8 Å². The first-order chi connectivity index (χ1) is 7.25. The van der Waals surface area contributed by atoms with Gasteiger partial charge in [0.15, 0.2) is 0 Å². The second-order valence-electron chi connectivity index (χ2n) is 3.32. The molecule has 0 atom stereocenters. The van der Waals surface area contributed by atoms with Crippen molar-refractivity contribution in [1.29, 1.82) is 0 Å². The Hall–Kier alpha value is -1.21. The summed E-state index contributed by atoms with van der Waals surface area (Å²) in [5.74, 6) is -0.00155. The molecule has 2 rings (SSSR count). The summed E-state index contributed by atoms with van der Waals surface area (Å²) in [5, 5.41) is 10.9. The van der Waals surface area contributed by atoms with Gasteiger partial charge in [-0.3, -0.25) is 4.79 Å². The molecule has 1 fully saturated rings. The minimum absolute atomic E-state index is 0.0175. The number of carbonyl (C=O) groups is 1. The number of nitrogens with two attached hydrogens (primary N) is 1. The van der Waals surface area contributed by atoms with Crippen LogP contribution in [-0.2, 0) is 9.53 Å². The number of nitrogens with zero attached hydrogens (tertiary/aromatic N) is 2. The van der Waals surface area contributed by atoms with Gasteiger partial charge in [-0.25, -0.2) is 0 Å². The van der Waals surface area contributed by atoms with Gasteiger partial charge in [0.05, 0.1) is 0 Å². The Balaban J connectivity index is 1.91. The largest absolute Gasteiger partial charge is 0.381 e. The second kappa shape index (κ2) is 4.54. The molecule has 0 spiro atoms. The summed E-state index contributed by atoms with van der Waals surface area (Å²) < 4.78 is 5.18. The Morgan fingerprint density at radius 3 is 2.80 bits per heavy atom. The molecule has 1 amide bonds. The van der Waals surface area contributed by atoms with E-state index in [1.165, 1.54) is 11.3 Å². The van der Waals surface area contributed by atoms with Crippen LogP contribution in [0.2, 0.25) is 0 Å². The standard InChI is InChI=1S/C8H12N4O2S/c9-7-11-12-8(15-7)10-6(13)5-1-3-14-4-2-5/h5H,1-4H2,(H2,9,11)(H,10,12,13). The van der Waals surface area contributed by atoms with Crippen molar-refractivity contribution >= 4 is 27.5 Å². The van der Waals surface area contributed by atoms with Gasteiger partial charge in [-0.2, -0.15) is 0 Å². The number of carbonyl (C=O) groups excluding carboxylic acids is 1. The zero-order valence-electron chi connectivity index (χ0n) is 8.10. The van der Waals surface area contributed by atoms with Crippen molar-refractivity contribution in [1.82, 2.24) is 10.2 Å². The molecule has 3 N–H and O–H groups in total. The molecule has 1 saturated heterocycles. The predicted octanol–water partition coefficient (Wildman–Crippen LogP) is 0.485. The van der Waals surface area contributed by atoms with Crippen molar-refractivity contribution < 1.29 is 9.53 Å². The molecule has 6 nitrogen and oxygen atoms in total. The molecular formula is C8H12N4O2S. The summed E-state index contributed by atoms with van der Waals surface area (Å²) in [4.78, 5) is 11.7. The lowest BCUT2D eigenvalue weighted by Gasteiger charge is -2.20. The van der Waals surface area contributed by atoms with Gasteiger partial charge in [0.2, 0.25) is 16.2 Å². The lowest BCUT2D eigenvalue weighted by molar-refractivity contribution is -0.122. The van der Waals surface area contributed by atoms with Gasteiger partial charge in [-0.1, -0.05) is 11.3 Å². The summed E-state index contributed by atoms with van der Waals surface area (Å²) in [5.41, 5.74) is 5.41. The van der Waals surface area contributed by atoms with E-state index < -0.39 is 0 Å². The minimum atomic E-state index is -0.0190. The first-order valence-corrected chi connectivity index (χ1v) is 5.55. The molecule has 0 unspecified atom stereocenters. The Bertz CT molecular complexity index is 348. The topological polar surface area (TPSA) is 90.1 Å². The van der Waals surface area contributed by atoms with Gasteiger partial charge in [-0.15, -0.1) is 10.2 Å². The molecule has 0 bridgehead atoms. The molecule has 82 valence electrons. The highest BCUT2D eigenvalue weighted by Gasteiger charge is 2.22. The number of ether oxygens (including phenoxy) is 1. The maximum absolute atomic E-state index is 11.7. The fourth-order valence-electron chi connectivity index (χ4n) is 1.45. The zero-order chi connectivity index (χ0) is 10.7. The van der Waals surface area contributed by atoms with Crippen LogP contribution in [0.1, 0.15) is 12.8 Å². The molecule has 0 aliphatic carbocycles. The number of hydrogen-bond acceptors (Lipinski definition) is 6. The highest BCUT2D eigenvalue weighted by atomic mass is 32.1. The molecule has 1 aromatic rings. The van der Waals surface area contributed by atoms with Crippen LogP contribution in [0.5, 0.6) is 0 Å². The van der Waals surface area contributed by atoms with E-state index in [-0.39, 0.29) is 11.8 Å². The van der Waals surface area contributed by atoms with Gasteiger partial charge >= 0.3 is 0 Å². The number of nitrogen functional groups attached to an aromatic ring is 1. The van der Waals surface area contributed by atoms with E-state index in [2.05, 4.69) is 15.5 Å². The molecule has 1 aliphatic rings. The fraction of sp³-hybridized carbons (Fsp3) is 0.625. The summed E-state index contributed by atoms with van der Waals surface area (Å²) in [6.07, 6.45) is 1.53. The SMILES string of the molecule is Nc1nnc(NC(=O)C2CCOCC2)s1. The fourth-order valence-corrected chi connectivity index (χ4v) is 1.97. The van der Waals surface area contributed by atoms with Gasteiger partial charge < -0.3 is 15.8 Å². The van der Waals surface area contributed by atoms with E-state index in [1.807, 2.05) is 0 Å².